The van der Waals surface area contributed by atoms with Crippen LogP contribution in [0.3, 0.4) is 0 Å². The van der Waals surface area contributed by atoms with Crippen LogP contribution in [0.1, 0.15) is 45.4 Å². The van der Waals surface area contributed by atoms with Crippen LogP contribution >= 0.6 is 0 Å². The largest absolute Gasteiger partial charge is 0.376 e. The lowest BCUT2D eigenvalue weighted by Crippen LogP contribution is -2.49. The van der Waals surface area contributed by atoms with E-state index in [9.17, 15) is 4.79 Å². The summed E-state index contributed by atoms with van der Waals surface area (Å²) in [4.78, 5) is 12.1. The van der Waals surface area contributed by atoms with Gasteiger partial charge in [0, 0.05) is 16.8 Å². The van der Waals surface area contributed by atoms with Gasteiger partial charge in [0.1, 0.15) is 0 Å². The number of hydrogen-bond acceptors (Lipinski definition) is 3. The number of carbonyl (C=O) groups is 1. The van der Waals surface area contributed by atoms with Crippen LogP contribution in [-0.2, 0) is 4.79 Å². The Balaban J connectivity index is 1.34. The summed E-state index contributed by atoms with van der Waals surface area (Å²) >= 11 is 0. The smallest absolute Gasteiger partial charge is 0.259 e. The van der Waals surface area contributed by atoms with E-state index in [0.717, 1.165) is 29.2 Å². The number of para-hydroxylation sites is 1. The lowest BCUT2D eigenvalue weighted by Gasteiger charge is -2.56. The molecule has 4 saturated carbocycles. The van der Waals surface area contributed by atoms with Crippen molar-refractivity contribution >= 4 is 17.3 Å². The van der Waals surface area contributed by atoms with Gasteiger partial charge in [-0.15, -0.1) is 0 Å². The number of nitrogens with zero attached hydrogens (tertiary/aromatic N) is 1. The molecule has 0 radical (unpaired) electrons. The molecule has 5 rings (SSSR count). The second kappa shape index (κ2) is 6.23. The molecule has 2 N–H and O–H groups in total. The van der Waals surface area contributed by atoms with Crippen molar-refractivity contribution in [2.45, 2.75) is 45.4 Å². The molecule has 4 heteroatoms. The summed E-state index contributed by atoms with van der Waals surface area (Å²) < 4.78 is 0. The summed E-state index contributed by atoms with van der Waals surface area (Å²) in [7, 11) is 0. The van der Waals surface area contributed by atoms with Crippen molar-refractivity contribution < 1.29 is 4.79 Å². The van der Waals surface area contributed by atoms with Gasteiger partial charge in [-0.2, -0.15) is 5.10 Å². The lowest BCUT2D eigenvalue weighted by atomic mass is 9.48. The average molecular weight is 325 g/mol. The summed E-state index contributed by atoms with van der Waals surface area (Å²) in [6, 6.07) is 9.78. The van der Waals surface area contributed by atoms with Crippen LogP contribution in [0.4, 0.5) is 5.69 Å². The number of hydrogen-bond donors (Lipinski definition) is 2. The van der Waals surface area contributed by atoms with E-state index in [1.165, 1.54) is 38.5 Å². The second-order valence-corrected chi connectivity index (χ2v) is 8.15. The summed E-state index contributed by atoms with van der Waals surface area (Å²) in [5.41, 5.74) is 5.14. The van der Waals surface area contributed by atoms with Crippen molar-refractivity contribution in [1.82, 2.24) is 5.43 Å². The average Bonchev–Trinajstić information content (AvgIpc) is 2.57. The third-order valence-corrected chi connectivity index (χ3v) is 6.38. The molecule has 0 aliphatic heterocycles. The monoisotopic (exact) mass is 325 g/mol. The highest BCUT2D eigenvalue weighted by Crippen LogP contribution is 2.60. The Labute approximate surface area is 144 Å². The predicted molar refractivity (Wildman–Crippen MR) is 96.8 cm³/mol. The molecule has 0 atom stereocenters. The minimum absolute atomic E-state index is 0.0806. The number of anilines is 1. The van der Waals surface area contributed by atoms with Gasteiger partial charge in [0.15, 0.2) is 0 Å². The molecule has 1 aromatic carbocycles. The van der Waals surface area contributed by atoms with Crippen molar-refractivity contribution in [2.75, 3.05) is 11.9 Å². The van der Waals surface area contributed by atoms with Gasteiger partial charge < -0.3 is 5.32 Å². The maximum Gasteiger partial charge on any atom is 0.259 e. The summed E-state index contributed by atoms with van der Waals surface area (Å²) in [6.45, 7) is 2.37. The van der Waals surface area contributed by atoms with Crippen molar-refractivity contribution in [3.05, 3.63) is 30.3 Å². The summed E-state index contributed by atoms with van der Waals surface area (Å²) in [5, 5.41) is 7.63. The van der Waals surface area contributed by atoms with Gasteiger partial charge in [-0.1, -0.05) is 18.2 Å². The van der Waals surface area contributed by atoms with Gasteiger partial charge in [0.25, 0.3) is 5.91 Å². The molecular weight excluding hydrogens is 298 g/mol. The first-order valence-corrected chi connectivity index (χ1v) is 9.25. The number of amides is 1. The van der Waals surface area contributed by atoms with Crippen LogP contribution in [0.5, 0.6) is 0 Å². The van der Waals surface area contributed by atoms with Crippen LogP contribution in [0.15, 0.2) is 35.4 Å². The highest BCUT2D eigenvalue weighted by molar-refractivity contribution is 5.90. The highest BCUT2D eigenvalue weighted by Gasteiger charge is 2.52. The van der Waals surface area contributed by atoms with Crippen LogP contribution in [0, 0.1) is 23.2 Å². The number of nitrogens with one attached hydrogen (secondary N) is 2. The number of rotatable bonds is 5. The Morgan fingerprint density at radius 1 is 1.08 bits per heavy atom. The molecule has 4 aliphatic rings. The van der Waals surface area contributed by atoms with Gasteiger partial charge in [0.2, 0.25) is 0 Å². The normalized spacial score (nSPS) is 34.2. The molecule has 4 bridgehead atoms. The Morgan fingerprint density at radius 3 is 2.25 bits per heavy atom. The zero-order valence-electron chi connectivity index (χ0n) is 14.4. The lowest BCUT2D eigenvalue weighted by molar-refractivity contribution is -0.119. The zero-order valence-corrected chi connectivity index (χ0v) is 14.4. The molecule has 1 aromatic rings. The predicted octanol–water partition coefficient (Wildman–Crippen LogP) is 3.81. The number of benzene rings is 1. The van der Waals surface area contributed by atoms with Crippen molar-refractivity contribution in [2.24, 2.45) is 28.3 Å². The summed E-state index contributed by atoms with van der Waals surface area (Å²) in [6.07, 6.45) is 8.14. The zero-order chi connectivity index (χ0) is 16.6. The molecule has 4 nitrogen and oxygen atoms in total. The fraction of sp³-hybridized carbons (Fsp3) is 0.600. The van der Waals surface area contributed by atoms with Gasteiger partial charge in [-0.05, 0) is 75.3 Å². The van der Waals surface area contributed by atoms with E-state index >= 15 is 0 Å². The summed E-state index contributed by atoms with van der Waals surface area (Å²) in [5.74, 6) is 2.62. The van der Waals surface area contributed by atoms with E-state index in [1.54, 1.807) is 0 Å². The Kier molecular flexibility index (Phi) is 4.07. The minimum Gasteiger partial charge on any atom is -0.376 e. The topological polar surface area (TPSA) is 53.5 Å². The van der Waals surface area contributed by atoms with E-state index in [-0.39, 0.29) is 17.9 Å². The van der Waals surface area contributed by atoms with E-state index in [4.69, 9.17) is 0 Å². The Hall–Kier alpha value is -1.84. The first-order chi connectivity index (χ1) is 11.6. The molecule has 4 aliphatic carbocycles. The van der Waals surface area contributed by atoms with Crippen LogP contribution in [-0.4, -0.2) is 18.2 Å². The van der Waals surface area contributed by atoms with E-state index < -0.39 is 0 Å². The molecule has 24 heavy (non-hydrogen) atoms. The van der Waals surface area contributed by atoms with Crippen LogP contribution in [0.2, 0.25) is 0 Å². The van der Waals surface area contributed by atoms with Gasteiger partial charge in [-0.25, -0.2) is 5.43 Å². The molecule has 4 fully saturated rings. The van der Waals surface area contributed by atoms with Crippen molar-refractivity contribution in [3.63, 3.8) is 0 Å². The first-order valence-electron chi connectivity index (χ1n) is 9.25. The van der Waals surface area contributed by atoms with Crippen molar-refractivity contribution in [3.8, 4) is 0 Å². The Morgan fingerprint density at radius 2 is 1.67 bits per heavy atom. The Bertz CT molecular complexity index is 602. The van der Waals surface area contributed by atoms with E-state index in [1.807, 2.05) is 30.3 Å². The van der Waals surface area contributed by atoms with Crippen LogP contribution < -0.4 is 10.7 Å². The maximum atomic E-state index is 12.1. The fourth-order valence-corrected chi connectivity index (χ4v) is 5.60. The third kappa shape index (κ3) is 3.06. The molecule has 1 amide bonds. The molecule has 0 saturated heterocycles. The second-order valence-electron chi connectivity index (χ2n) is 8.15. The van der Waals surface area contributed by atoms with E-state index in [0.29, 0.717) is 0 Å². The van der Waals surface area contributed by atoms with Gasteiger partial charge in [-0.3, -0.25) is 4.79 Å². The minimum atomic E-state index is -0.0806. The number of hydrazone groups is 1. The molecule has 0 spiro atoms. The SMILES string of the molecule is C/C(=N/NC(=O)CNc1ccccc1)C12CC3CC(CC(C3)C1)C2. The molecule has 0 aromatic heterocycles. The fourth-order valence-electron chi connectivity index (χ4n) is 5.60. The molecule has 0 unspecified atom stereocenters. The third-order valence-electron chi connectivity index (χ3n) is 6.38. The van der Waals surface area contributed by atoms with Gasteiger partial charge in [0.05, 0.1) is 6.54 Å². The number of carbonyl (C=O) groups excluding carboxylic acids is 1. The highest BCUT2D eigenvalue weighted by atomic mass is 16.2. The molecule has 0 heterocycles. The quantitative estimate of drug-likeness (QED) is 0.639. The first kappa shape index (κ1) is 15.7. The standard InChI is InChI=1S/C20H27N3O/c1-14(20-10-15-7-16(11-20)9-17(8-15)12-20)22-23-19(24)13-21-18-5-3-2-4-6-18/h2-6,15-17,21H,7-13H2,1H3,(H,23,24)/b22-14-. The van der Waals surface area contributed by atoms with Crippen LogP contribution in [0.25, 0.3) is 0 Å². The molecule has 128 valence electrons. The van der Waals surface area contributed by atoms with E-state index in [2.05, 4.69) is 22.8 Å². The molecular formula is C20H27N3O. The van der Waals surface area contributed by atoms with Crippen molar-refractivity contribution in [1.29, 1.82) is 0 Å². The van der Waals surface area contributed by atoms with Gasteiger partial charge >= 0.3 is 0 Å². The maximum absolute atomic E-state index is 12.1.